The summed E-state index contributed by atoms with van der Waals surface area (Å²) in [5, 5.41) is 3.15. The summed E-state index contributed by atoms with van der Waals surface area (Å²) in [6.45, 7) is 4.48. The van der Waals surface area contributed by atoms with Crippen molar-refractivity contribution in [2.75, 3.05) is 6.54 Å². The van der Waals surface area contributed by atoms with E-state index in [0.29, 0.717) is 12.6 Å². The lowest BCUT2D eigenvalue weighted by Gasteiger charge is -2.22. The number of halogens is 3. The first kappa shape index (κ1) is 15.6. The van der Waals surface area contributed by atoms with Crippen LogP contribution in [0.5, 0.6) is 0 Å². The third-order valence-electron chi connectivity index (χ3n) is 3.51. The maximum atomic E-state index is 14.1. The fraction of sp³-hybridized carbons (Fsp3) is 0.294. The lowest BCUT2D eigenvalue weighted by molar-refractivity contribution is 0.480. The SMILES string of the molecule is CCNC(c1cc(F)c(F)cc1F)c1ccccc1CC. The van der Waals surface area contributed by atoms with Crippen LogP contribution in [-0.4, -0.2) is 6.54 Å². The summed E-state index contributed by atoms with van der Waals surface area (Å²) in [7, 11) is 0. The lowest BCUT2D eigenvalue weighted by Crippen LogP contribution is -2.24. The Hall–Kier alpha value is -1.81. The second-order valence-corrected chi connectivity index (χ2v) is 4.83. The Morgan fingerprint density at radius 3 is 2.24 bits per heavy atom. The zero-order chi connectivity index (χ0) is 15.4. The second kappa shape index (κ2) is 6.76. The van der Waals surface area contributed by atoms with Crippen LogP contribution >= 0.6 is 0 Å². The molecule has 0 aliphatic heterocycles. The maximum absolute atomic E-state index is 14.1. The zero-order valence-corrected chi connectivity index (χ0v) is 12.1. The van der Waals surface area contributed by atoms with E-state index in [-0.39, 0.29) is 5.56 Å². The number of rotatable bonds is 5. The molecule has 0 bridgehead atoms. The van der Waals surface area contributed by atoms with E-state index in [0.717, 1.165) is 23.6 Å². The summed E-state index contributed by atoms with van der Waals surface area (Å²) in [4.78, 5) is 0. The minimum absolute atomic E-state index is 0.122. The van der Waals surface area contributed by atoms with Gasteiger partial charge in [0, 0.05) is 11.6 Å². The van der Waals surface area contributed by atoms with E-state index in [1.807, 2.05) is 38.1 Å². The van der Waals surface area contributed by atoms with Gasteiger partial charge in [-0.3, -0.25) is 0 Å². The van der Waals surface area contributed by atoms with Crippen molar-refractivity contribution < 1.29 is 13.2 Å². The fourth-order valence-corrected chi connectivity index (χ4v) is 2.49. The van der Waals surface area contributed by atoms with Crippen LogP contribution < -0.4 is 5.32 Å². The molecule has 2 aromatic rings. The molecule has 0 heterocycles. The Kier molecular flexibility index (Phi) is 5.02. The topological polar surface area (TPSA) is 12.0 Å². The Morgan fingerprint density at radius 1 is 0.905 bits per heavy atom. The average molecular weight is 293 g/mol. The largest absolute Gasteiger partial charge is 0.306 e. The summed E-state index contributed by atoms with van der Waals surface area (Å²) >= 11 is 0. The molecule has 2 rings (SSSR count). The van der Waals surface area contributed by atoms with E-state index < -0.39 is 23.5 Å². The first-order valence-electron chi connectivity index (χ1n) is 7.04. The number of aryl methyl sites for hydroxylation is 1. The molecule has 0 aliphatic rings. The fourth-order valence-electron chi connectivity index (χ4n) is 2.49. The van der Waals surface area contributed by atoms with Crippen molar-refractivity contribution in [3.8, 4) is 0 Å². The summed E-state index contributed by atoms with van der Waals surface area (Å²) < 4.78 is 40.7. The molecule has 1 atom stereocenters. The molecule has 4 heteroatoms. The molecule has 0 fully saturated rings. The first-order chi connectivity index (χ1) is 10.1. The van der Waals surface area contributed by atoms with Crippen LogP contribution in [0.25, 0.3) is 0 Å². The number of hydrogen-bond donors (Lipinski definition) is 1. The van der Waals surface area contributed by atoms with Gasteiger partial charge in [-0.15, -0.1) is 0 Å². The molecule has 1 unspecified atom stereocenters. The summed E-state index contributed by atoms with van der Waals surface area (Å²) in [6, 6.07) is 8.64. The van der Waals surface area contributed by atoms with E-state index in [2.05, 4.69) is 5.32 Å². The Bertz CT molecular complexity index is 625. The Balaban J connectivity index is 2.56. The number of nitrogens with one attached hydrogen (secondary N) is 1. The monoisotopic (exact) mass is 293 g/mol. The van der Waals surface area contributed by atoms with Gasteiger partial charge in [0.05, 0.1) is 6.04 Å². The number of benzene rings is 2. The van der Waals surface area contributed by atoms with Gasteiger partial charge in [-0.25, -0.2) is 13.2 Å². The van der Waals surface area contributed by atoms with Gasteiger partial charge >= 0.3 is 0 Å². The summed E-state index contributed by atoms with van der Waals surface area (Å²) in [5.74, 6) is -2.95. The molecule has 0 saturated heterocycles. The van der Waals surface area contributed by atoms with Crippen molar-refractivity contribution in [1.82, 2.24) is 5.32 Å². The predicted molar refractivity (Wildman–Crippen MR) is 77.7 cm³/mol. The molecular weight excluding hydrogens is 275 g/mol. The van der Waals surface area contributed by atoms with Gasteiger partial charge in [-0.05, 0) is 30.2 Å². The maximum Gasteiger partial charge on any atom is 0.161 e. The first-order valence-corrected chi connectivity index (χ1v) is 7.04. The van der Waals surface area contributed by atoms with Crippen LogP contribution in [-0.2, 0) is 6.42 Å². The predicted octanol–water partition coefficient (Wildman–Crippen LogP) is 4.37. The molecule has 0 aliphatic carbocycles. The summed E-state index contributed by atoms with van der Waals surface area (Å²) in [6.07, 6.45) is 0.781. The molecule has 1 N–H and O–H groups in total. The van der Waals surface area contributed by atoms with Crippen molar-refractivity contribution in [2.24, 2.45) is 0 Å². The van der Waals surface area contributed by atoms with Gasteiger partial charge in [-0.1, -0.05) is 38.1 Å². The van der Waals surface area contributed by atoms with Gasteiger partial charge in [0.2, 0.25) is 0 Å². The van der Waals surface area contributed by atoms with E-state index >= 15 is 0 Å². The van der Waals surface area contributed by atoms with Crippen molar-refractivity contribution in [2.45, 2.75) is 26.3 Å². The third-order valence-corrected chi connectivity index (χ3v) is 3.51. The van der Waals surface area contributed by atoms with E-state index in [9.17, 15) is 13.2 Å². The van der Waals surface area contributed by atoms with Crippen molar-refractivity contribution >= 4 is 0 Å². The minimum Gasteiger partial charge on any atom is -0.306 e. The second-order valence-electron chi connectivity index (χ2n) is 4.83. The van der Waals surface area contributed by atoms with Crippen LogP contribution in [0, 0.1) is 17.5 Å². The van der Waals surface area contributed by atoms with Gasteiger partial charge in [0.1, 0.15) is 5.82 Å². The molecule has 1 nitrogen and oxygen atoms in total. The highest BCUT2D eigenvalue weighted by Crippen LogP contribution is 2.28. The molecular formula is C17H18F3N. The molecule has 0 aromatic heterocycles. The highest BCUT2D eigenvalue weighted by atomic mass is 19.2. The van der Waals surface area contributed by atoms with Crippen LogP contribution in [0.2, 0.25) is 0 Å². The van der Waals surface area contributed by atoms with Gasteiger partial charge in [0.15, 0.2) is 11.6 Å². The normalized spacial score (nSPS) is 12.4. The van der Waals surface area contributed by atoms with Crippen molar-refractivity contribution in [3.05, 3.63) is 70.5 Å². The molecule has 0 amide bonds. The molecule has 0 radical (unpaired) electrons. The van der Waals surface area contributed by atoms with E-state index in [1.165, 1.54) is 0 Å². The minimum atomic E-state index is -1.17. The van der Waals surface area contributed by atoms with Crippen LogP contribution in [0.4, 0.5) is 13.2 Å². The van der Waals surface area contributed by atoms with Gasteiger partial charge in [-0.2, -0.15) is 0 Å². The van der Waals surface area contributed by atoms with Crippen LogP contribution in [0.1, 0.15) is 36.6 Å². The average Bonchev–Trinajstić information content (AvgIpc) is 2.49. The molecule has 0 saturated carbocycles. The zero-order valence-electron chi connectivity index (χ0n) is 12.1. The van der Waals surface area contributed by atoms with Crippen molar-refractivity contribution in [1.29, 1.82) is 0 Å². The quantitative estimate of drug-likeness (QED) is 0.807. The molecule has 112 valence electrons. The van der Waals surface area contributed by atoms with E-state index in [4.69, 9.17) is 0 Å². The molecule has 0 spiro atoms. The standard InChI is InChI=1S/C17H18F3N/c1-3-11-7-5-6-8-12(11)17(21-4-2)13-9-15(19)16(20)10-14(13)18/h5-10,17,21H,3-4H2,1-2H3. The van der Waals surface area contributed by atoms with E-state index in [1.54, 1.807) is 0 Å². The highest BCUT2D eigenvalue weighted by molar-refractivity contribution is 5.38. The smallest absolute Gasteiger partial charge is 0.161 e. The lowest BCUT2D eigenvalue weighted by atomic mass is 9.92. The molecule has 2 aromatic carbocycles. The van der Waals surface area contributed by atoms with Gasteiger partial charge < -0.3 is 5.32 Å². The van der Waals surface area contributed by atoms with Crippen LogP contribution in [0.3, 0.4) is 0 Å². The van der Waals surface area contributed by atoms with Crippen molar-refractivity contribution in [3.63, 3.8) is 0 Å². The Labute approximate surface area is 122 Å². The Morgan fingerprint density at radius 2 is 1.57 bits per heavy atom. The number of hydrogen-bond acceptors (Lipinski definition) is 1. The highest BCUT2D eigenvalue weighted by Gasteiger charge is 2.21. The summed E-state index contributed by atoms with van der Waals surface area (Å²) in [5.41, 5.74) is 2.05. The third kappa shape index (κ3) is 3.27. The van der Waals surface area contributed by atoms with Crippen LogP contribution in [0.15, 0.2) is 36.4 Å². The molecule has 21 heavy (non-hydrogen) atoms. The van der Waals surface area contributed by atoms with Gasteiger partial charge in [0.25, 0.3) is 0 Å².